The number of anilines is 1. The molecule has 0 bridgehead atoms. The molecule has 2 rings (SSSR count). The van der Waals surface area contributed by atoms with Gasteiger partial charge in [-0.3, -0.25) is 19.7 Å². The first-order valence-corrected chi connectivity index (χ1v) is 7.77. The Bertz CT molecular complexity index is 861. The van der Waals surface area contributed by atoms with Gasteiger partial charge < -0.3 is 15.8 Å². The number of aryl methyl sites for hydroxylation is 1. The fourth-order valence-electron chi connectivity index (χ4n) is 2.04. The lowest BCUT2D eigenvalue weighted by atomic mass is 10.1. The van der Waals surface area contributed by atoms with E-state index >= 15 is 0 Å². The van der Waals surface area contributed by atoms with Crippen molar-refractivity contribution in [2.75, 3.05) is 11.9 Å². The summed E-state index contributed by atoms with van der Waals surface area (Å²) >= 11 is 1.08. The van der Waals surface area contributed by atoms with Gasteiger partial charge in [0, 0.05) is 6.07 Å². The van der Waals surface area contributed by atoms with Crippen LogP contribution >= 0.6 is 11.3 Å². The van der Waals surface area contributed by atoms with Gasteiger partial charge >= 0.3 is 5.97 Å². The highest BCUT2D eigenvalue weighted by Crippen LogP contribution is 2.24. The Morgan fingerprint density at radius 3 is 2.68 bits per heavy atom. The number of nitrogens with zero attached hydrogens (tertiary/aromatic N) is 1. The zero-order valence-corrected chi connectivity index (χ0v) is 13.8. The first kappa shape index (κ1) is 18.1. The lowest BCUT2D eigenvalue weighted by Crippen LogP contribution is -2.22. The van der Waals surface area contributed by atoms with Gasteiger partial charge in [0.25, 0.3) is 17.5 Å². The topological polar surface area (TPSA) is 142 Å². The number of thiophene rings is 1. The number of esters is 1. The van der Waals surface area contributed by atoms with Crippen molar-refractivity contribution in [2.24, 2.45) is 5.73 Å². The normalized spacial score (nSPS) is 10.1. The second-order valence-electron chi connectivity index (χ2n) is 4.88. The summed E-state index contributed by atoms with van der Waals surface area (Å²) in [7, 11) is 0. The molecule has 0 aliphatic carbocycles. The quantitative estimate of drug-likeness (QED) is 0.456. The van der Waals surface area contributed by atoms with Gasteiger partial charge in [0.1, 0.15) is 10.6 Å². The van der Waals surface area contributed by atoms with Gasteiger partial charge in [-0.05, 0) is 23.9 Å². The van der Waals surface area contributed by atoms with E-state index in [9.17, 15) is 24.5 Å². The number of nitrogens with two attached hydrogens (primary N) is 1. The summed E-state index contributed by atoms with van der Waals surface area (Å²) in [5.41, 5.74) is 5.04. The summed E-state index contributed by atoms with van der Waals surface area (Å²) in [5.74, 6) is -2.39. The molecule has 0 aliphatic heterocycles. The van der Waals surface area contributed by atoms with Crippen LogP contribution in [0.15, 0.2) is 29.6 Å². The predicted octanol–water partition coefficient (Wildman–Crippen LogP) is 1.86. The molecule has 0 unspecified atom stereocenters. The number of amides is 2. The average Bonchev–Trinajstić information content (AvgIpc) is 3.00. The Morgan fingerprint density at radius 1 is 1.32 bits per heavy atom. The van der Waals surface area contributed by atoms with Crippen LogP contribution in [0.5, 0.6) is 0 Å². The standard InChI is InChI=1S/C15H13N3O6S/c1-8-3-2-4-10(18(22)23)12(8)15(21)24-7-11(19)17-14-9(13(16)20)5-6-25-14/h2-6H,7H2,1H3,(H2,16,20)(H,17,19). The van der Waals surface area contributed by atoms with E-state index in [0.717, 1.165) is 11.3 Å². The van der Waals surface area contributed by atoms with Gasteiger partial charge in [-0.25, -0.2) is 4.79 Å². The van der Waals surface area contributed by atoms with Crippen molar-refractivity contribution in [3.8, 4) is 0 Å². The zero-order chi connectivity index (χ0) is 18.6. The van der Waals surface area contributed by atoms with Crippen molar-refractivity contribution in [1.29, 1.82) is 0 Å². The van der Waals surface area contributed by atoms with Crippen LogP contribution < -0.4 is 11.1 Å². The molecule has 0 saturated heterocycles. The molecule has 10 heteroatoms. The van der Waals surface area contributed by atoms with Crippen molar-refractivity contribution >= 4 is 39.8 Å². The lowest BCUT2D eigenvalue weighted by Gasteiger charge is -2.08. The van der Waals surface area contributed by atoms with Gasteiger partial charge in [0.05, 0.1) is 10.5 Å². The highest BCUT2D eigenvalue weighted by atomic mass is 32.1. The number of primary amides is 1. The number of nitro groups is 1. The molecule has 130 valence electrons. The van der Waals surface area contributed by atoms with Crippen molar-refractivity contribution in [3.05, 3.63) is 56.5 Å². The maximum Gasteiger partial charge on any atom is 0.345 e. The van der Waals surface area contributed by atoms with Crippen LogP contribution in [-0.2, 0) is 9.53 Å². The van der Waals surface area contributed by atoms with E-state index in [-0.39, 0.29) is 16.1 Å². The number of ether oxygens (including phenoxy) is 1. The minimum Gasteiger partial charge on any atom is -0.452 e. The molecule has 1 aromatic heterocycles. The minimum absolute atomic E-state index is 0.138. The molecular weight excluding hydrogens is 350 g/mol. The molecule has 0 saturated carbocycles. The van der Waals surface area contributed by atoms with E-state index in [0.29, 0.717) is 5.56 Å². The number of nitro benzene ring substituents is 1. The molecule has 25 heavy (non-hydrogen) atoms. The van der Waals surface area contributed by atoms with Crippen LogP contribution in [0.3, 0.4) is 0 Å². The van der Waals surface area contributed by atoms with E-state index in [1.165, 1.54) is 31.2 Å². The van der Waals surface area contributed by atoms with E-state index in [2.05, 4.69) is 5.32 Å². The van der Waals surface area contributed by atoms with E-state index in [1.807, 2.05) is 0 Å². The molecule has 0 radical (unpaired) electrons. The highest BCUT2D eigenvalue weighted by Gasteiger charge is 2.24. The first-order valence-electron chi connectivity index (χ1n) is 6.89. The van der Waals surface area contributed by atoms with Gasteiger partial charge in [-0.1, -0.05) is 12.1 Å². The van der Waals surface area contributed by atoms with Crippen molar-refractivity contribution < 1.29 is 24.0 Å². The monoisotopic (exact) mass is 363 g/mol. The fourth-order valence-corrected chi connectivity index (χ4v) is 2.84. The smallest absolute Gasteiger partial charge is 0.345 e. The van der Waals surface area contributed by atoms with Crippen LogP contribution in [0.1, 0.15) is 26.3 Å². The number of rotatable bonds is 6. The second kappa shape index (κ2) is 7.53. The number of hydrogen-bond donors (Lipinski definition) is 2. The molecule has 2 aromatic rings. The van der Waals surface area contributed by atoms with Crippen LogP contribution in [-0.4, -0.2) is 29.3 Å². The Morgan fingerprint density at radius 2 is 2.04 bits per heavy atom. The van der Waals surface area contributed by atoms with Crippen LogP contribution in [0.25, 0.3) is 0 Å². The van der Waals surface area contributed by atoms with Crippen molar-refractivity contribution in [1.82, 2.24) is 0 Å². The fraction of sp³-hybridized carbons (Fsp3) is 0.133. The number of hydrogen-bond acceptors (Lipinski definition) is 7. The van der Waals surface area contributed by atoms with Crippen molar-refractivity contribution in [3.63, 3.8) is 0 Å². The number of nitrogens with one attached hydrogen (secondary N) is 1. The number of carbonyl (C=O) groups excluding carboxylic acids is 3. The number of benzene rings is 1. The van der Waals surface area contributed by atoms with Crippen LogP contribution in [0, 0.1) is 17.0 Å². The Balaban J connectivity index is 2.05. The molecule has 3 N–H and O–H groups in total. The summed E-state index contributed by atoms with van der Waals surface area (Å²) in [6, 6.07) is 5.59. The predicted molar refractivity (Wildman–Crippen MR) is 89.6 cm³/mol. The number of carbonyl (C=O) groups is 3. The van der Waals surface area contributed by atoms with Gasteiger partial charge in [0.15, 0.2) is 6.61 Å². The Kier molecular flexibility index (Phi) is 5.45. The summed E-state index contributed by atoms with van der Waals surface area (Å²) in [4.78, 5) is 45.4. The van der Waals surface area contributed by atoms with Gasteiger partial charge in [0.2, 0.25) is 0 Å². The minimum atomic E-state index is -0.985. The Hall–Kier alpha value is -3.27. The molecule has 0 fully saturated rings. The third-order valence-corrected chi connectivity index (χ3v) is 4.00. The van der Waals surface area contributed by atoms with Gasteiger partial charge in [-0.15, -0.1) is 11.3 Å². The largest absolute Gasteiger partial charge is 0.452 e. The first-order chi connectivity index (χ1) is 11.8. The Labute approximate surface area is 145 Å². The average molecular weight is 363 g/mol. The van der Waals surface area contributed by atoms with Gasteiger partial charge in [-0.2, -0.15) is 0 Å². The maximum absolute atomic E-state index is 12.1. The molecule has 9 nitrogen and oxygen atoms in total. The van der Waals surface area contributed by atoms with Crippen LogP contribution in [0.2, 0.25) is 0 Å². The molecule has 2 amide bonds. The third kappa shape index (κ3) is 4.18. The molecule has 0 aliphatic rings. The molecule has 1 aromatic carbocycles. The highest BCUT2D eigenvalue weighted by molar-refractivity contribution is 7.14. The zero-order valence-electron chi connectivity index (χ0n) is 13.0. The second-order valence-corrected chi connectivity index (χ2v) is 5.79. The summed E-state index contributed by atoms with van der Waals surface area (Å²) in [6.45, 7) is 0.856. The maximum atomic E-state index is 12.1. The molecule has 1 heterocycles. The molecule has 0 spiro atoms. The lowest BCUT2D eigenvalue weighted by molar-refractivity contribution is -0.385. The summed E-state index contributed by atoms with van der Waals surface area (Å²) in [5, 5.41) is 15.2. The van der Waals surface area contributed by atoms with Crippen LogP contribution in [0.4, 0.5) is 10.7 Å². The summed E-state index contributed by atoms with van der Waals surface area (Å²) in [6.07, 6.45) is 0. The SMILES string of the molecule is Cc1cccc([N+](=O)[O-])c1C(=O)OCC(=O)Nc1sccc1C(N)=O. The van der Waals surface area contributed by atoms with E-state index in [1.54, 1.807) is 5.38 Å². The van der Waals surface area contributed by atoms with Crippen molar-refractivity contribution in [2.45, 2.75) is 6.92 Å². The molecule has 0 atom stereocenters. The summed E-state index contributed by atoms with van der Waals surface area (Å²) < 4.78 is 4.84. The van der Waals surface area contributed by atoms with E-state index in [4.69, 9.17) is 10.5 Å². The van der Waals surface area contributed by atoms with E-state index < -0.39 is 35.0 Å². The molecular formula is C15H13N3O6S. The third-order valence-electron chi connectivity index (χ3n) is 3.17.